The number of carbonyl (C=O) groups excluding carboxylic acids is 1. The van der Waals surface area contributed by atoms with Crippen LogP contribution in [0.15, 0.2) is 29.3 Å². The predicted molar refractivity (Wildman–Crippen MR) is 71.0 cm³/mol. The number of rotatable bonds is 2. The molecule has 0 heterocycles. The highest BCUT2D eigenvalue weighted by molar-refractivity contribution is 6.30. The lowest BCUT2D eigenvalue weighted by atomic mass is 9.93. The van der Waals surface area contributed by atoms with Crippen LogP contribution in [0.2, 0.25) is 5.02 Å². The number of nitrogens with zero attached hydrogens (tertiary/aromatic N) is 1. The third kappa shape index (κ3) is 2.27. The number of benzene rings is 1. The molecular formula is C14H16ClNO. The van der Waals surface area contributed by atoms with Crippen molar-refractivity contribution < 1.29 is 4.79 Å². The van der Waals surface area contributed by atoms with Crippen molar-refractivity contribution in [1.29, 1.82) is 0 Å². The summed E-state index contributed by atoms with van der Waals surface area (Å²) in [5.41, 5.74) is 1.96. The van der Waals surface area contributed by atoms with Gasteiger partial charge in [-0.3, -0.25) is 9.79 Å². The van der Waals surface area contributed by atoms with E-state index in [1.807, 2.05) is 24.3 Å². The SMILES string of the molecule is CCC1CC(=NC)C(c2cccc(Cl)c2)C1=O. The lowest BCUT2D eigenvalue weighted by molar-refractivity contribution is -0.121. The molecule has 2 nitrogen and oxygen atoms in total. The van der Waals surface area contributed by atoms with Crippen molar-refractivity contribution in [3.05, 3.63) is 34.9 Å². The quantitative estimate of drug-likeness (QED) is 0.789. The molecule has 0 N–H and O–H groups in total. The van der Waals surface area contributed by atoms with Crippen LogP contribution in [0.25, 0.3) is 0 Å². The Hall–Kier alpha value is -1.15. The van der Waals surface area contributed by atoms with Gasteiger partial charge in [0.25, 0.3) is 0 Å². The van der Waals surface area contributed by atoms with Crippen molar-refractivity contribution in [3.63, 3.8) is 0 Å². The summed E-state index contributed by atoms with van der Waals surface area (Å²) in [6.07, 6.45) is 1.68. The smallest absolute Gasteiger partial charge is 0.149 e. The maximum atomic E-state index is 12.3. The van der Waals surface area contributed by atoms with E-state index in [0.29, 0.717) is 5.02 Å². The first-order chi connectivity index (χ1) is 8.17. The Kier molecular flexibility index (Phi) is 3.63. The molecular weight excluding hydrogens is 234 g/mol. The largest absolute Gasteiger partial charge is 0.298 e. The highest BCUT2D eigenvalue weighted by Crippen LogP contribution is 2.35. The van der Waals surface area contributed by atoms with E-state index in [4.69, 9.17) is 11.6 Å². The standard InChI is InChI=1S/C14H16ClNO/c1-3-9-8-12(16-2)13(14(9)17)10-5-4-6-11(15)7-10/h4-7,9,13H,3,8H2,1-2H3. The first kappa shape index (κ1) is 12.3. The minimum atomic E-state index is -0.177. The Morgan fingerprint density at radius 2 is 2.24 bits per heavy atom. The van der Waals surface area contributed by atoms with E-state index in [1.54, 1.807) is 7.05 Å². The second-order valence-electron chi connectivity index (χ2n) is 4.41. The fraction of sp³-hybridized carbons (Fsp3) is 0.429. The normalized spacial score (nSPS) is 26.8. The minimum absolute atomic E-state index is 0.123. The van der Waals surface area contributed by atoms with E-state index < -0.39 is 0 Å². The molecule has 90 valence electrons. The lowest BCUT2D eigenvalue weighted by Crippen LogP contribution is -2.15. The van der Waals surface area contributed by atoms with Gasteiger partial charge in [0.2, 0.25) is 0 Å². The van der Waals surface area contributed by atoms with Crippen LogP contribution in [0.5, 0.6) is 0 Å². The maximum absolute atomic E-state index is 12.3. The van der Waals surface area contributed by atoms with E-state index in [-0.39, 0.29) is 17.6 Å². The van der Waals surface area contributed by atoms with Crippen LogP contribution in [0.4, 0.5) is 0 Å². The number of ketones is 1. The van der Waals surface area contributed by atoms with E-state index >= 15 is 0 Å². The highest BCUT2D eigenvalue weighted by atomic mass is 35.5. The Balaban J connectivity index is 2.40. The fourth-order valence-corrected chi connectivity index (χ4v) is 2.68. The number of hydrogen-bond donors (Lipinski definition) is 0. The van der Waals surface area contributed by atoms with Gasteiger partial charge in [0.1, 0.15) is 5.78 Å². The van der Waals surface area contributed by atoms with Gasteiger partial charge in [-0.15, -0.1) is 0 Å². The molecule has 0 spiro atoms. The van der Waals surface area contributed by atoms with Crippen LogP contribution in [0.3, 0.4) is 0 Å². The van der Waals surface area contributed by atoms with Crippen molar-refractivity contribution in [2.75, 3.05) is 7.05 Å². The van der Waals surface area contributed by atoms with Gasteiger partial charge in [0.15, 0.2) is 0 Å². The first-order valence-electron chi connectivity index (χ1n) is 5.92. The molecule has 0 saturated heterocycles. The highest BCUT2D eigenvalue weighted by Gasteiger charge is 2.38. The Bertz CT molecular complexity index is 467. The summed E-state index contributed by atoms with van der Waals surface area (Å²) in [5, 5.41) is 0.672. The zero-order valence-electron chi connectivity index (χ0n) is 10.1. The molecule has 0 aromatic heterocycles. The molecule has 3 heteroatoms. The molecule has 0 radical (unpaired) electrons. The van der Waals surface area contributed by atoms with Crippen LogP contribution < -0.4 is 0 Å². The summed E-state index contributed by atoms with van der Waals surface area (Å²) in [6.45, 7) is 2.05. The third-order valence-corrected chi connectivity index (χ3v) is 3.67. The molecule has 1 aromatic rings. The van der Waals surface area contributed by atoms with Crippen molar-refractivity contribution in [2.24, 2.45) is 10.9 Å². The molecule has 1 aliphatic rings. The van der Waals surface area contributed by atoms with Crippen molar-refractivity contribution >= 4 is 23.1 Å². The van der Waals surface area contributed by atoms with Gasteiger partial charge >= 0.3 is 0 Å². The molecule has 2 atom stereocenters. The topological polar surface area (TPSA) is 29.4 Å². The minimum Gasteiger partial charge on any atom is -0.298 e. The number of hydrogen-bond acceptors (Lipinski definition) is 2. The van der Waals surface area contributed by atoms with Crippen LogP contribution in [-0.4, -0.2) is 18.5 Å². The molecule has 1 aromatic carbocycles. The van der Waals surface area contributed by atoms with Crippen LogP contribution in [0, 0.1) is 5.92 Å². The second kappa shape index (κ2) is 5.01. The maximum Gasteiger partial charge on any atom is 0.149 e. The summed E-state index contributed by atoms with van der Waals surface area (Å²) < 4.78 is 0. The van der Waals surface area contributed by atoms with Gasteiger partial charge in [-0.2, -0.15) is 0 Å². The average Bonchev–Trinajstić information content (AvgIpc) is 2.65. The predicted octanol–water partition coefficient (Wildman–Crippen LogP) is 3.49. The van der Waals surface area contributed by atoms with E-state index in [2.05, 4.69) is 11.9 Å². The summed E-state index contributed by atoms with van der Waals surface area (Å²) in [4.78, 5) is 16.6. The molecule has 1 saturated carbocycles. The molecule has 2 unspecified atom stereocenters. The van der Waals surface area contributed by atoms with Gasteiger partial charge in [-0.1, -0.05) is 30.7 Å². The molecule has 0 bridgehead atoms. The zero-order valence-corrected chi connectivity index (χ0v) is 10.9. The van der Waals surface area contributed by atoms with Gasteiger partial charge in [-0.25, -0.2) is 0 Å². The monoisotopic (exact) mass is 249 g/mol. The molecule has 0 aliphatic heterocycles. The van der Waals surface area contributed by atoms with E-state index in [0.717, 1.165) is 24.1 Å². The van der Waals surface area contributed by atoms with E-state index in [9.17, 15) is 4.79 Å². The molecule has 2 rings (SSSR count). The van der Waals surface area contributed by atoms with E-state index in [1.165, 1.54) is 0 Å². The number of Topliss-reactive ketones (excluding diaryl/α,β-unsaturated/α-hetero) is 1. The molecule has 1 fully saturated rings. The average molecular weight is 250 g/mol. The van der Waals surface area contributed by atoms with Gasteiger partial charge < -0.3 is 0 Å². The van der Waals surface area contributed by atoms with Crippen molar-refractivity contribution in [2.45, 2.75) is 25.7 Å². The second-order valence-corrected chi connectivity index (χ2v) is 4.85. The molecule has 0 amide bonds. The first-order valence-corrected chi connectivity index (χ1v) is 6.30. The van der Waals surface area contributed by atoms with Crippen LogP contribution in [0.1, 0.15) is 31.2 Å². The molecule has 17 heavy (non-hydrogen) atoms. The Labute approximate surface area is 107 Å². The number of aliphatic imine (C=N–C) groups is 1. The summed E-state index contributed by atoms with van der Waals surface area (Å²) in [5.74, 6) is 0.233. The van der Waals surface area contributed by atoms with Crippen molar-refractivity contribution in [1.82, 2.24) is 0 Å². The van der Waals surface area contributed by atoms with Crippen LogP contribution in [-0.2, 0) is 4.79 Å². The summed E-state index contributed by atoms with van der Waals surface area (Å²) in [6, 6.07) is 7.53. The lowest BCUT2D eigenvalue weighted by Gasteiger charge is -2.10. The summed E-state index contributed by atoms with van der Waals surface area (Å²) >= 11 is 5.98. The fourth-order valence-electron chi connectivity index (χ4n) is 2.48. The number of carbonyl (C=O) groups is 1. The zero-order chi connectivity index (χ0) is 12.4. The number of halogens is 1. The van der Waals surface area contributed by atoms with Crippen LogP contribution >= 0.6 is 11.6 Å². The third-order valence-electron chi connectivity index (χ3n) is 3.44. The van der Waals surface area contributed by atoms with Crippen molar-refractivity contribution in [3.8, 4) is 0 Å². The Morgan fingerprint density at radius 3 is 2.82 bits per heavy atom. The Morgan fingerprint density at radius 1 is 1.47 bits per heavy atom. The van der Waals surface area contributed by atoms with Gasteiger partial charge in [0.05, 0.1) is 5.92 Å². The van der Waals surface area contributed by atoms with Gasteiger partial charge in [0, 0.05) is 23.7 Å². The van der Waals surface area contributed by atoms with Gasteiger partial charge in [-0.05, 0) is 30.5 Å². The summed E-state index contributed by atoms with van der Waals surface area (Å²) in [7, 11) is 1.76. The molecule has 1 aliphatic carbocycles.